The number of ether oxygens (including phenoxy) is 1. The third-order valence-electron chi connectivity index (χ3n) is 3.29. The maximum atomic E-state index is 12.0. The summed E-state index contributed by atoms with van der Waals surface area (Å²) in [5.41, 5.74) is 1.15. The van der Waals surface area contributed by atoms with Gasteiger partial charge in [-0.25, -0.2) is 0 Å². The molecule has 1 fully saturated rings. The number of ketones is 1. The molecule has 3 heteroatoms. The molecule has 1 unspecified atom stereocenters. The van der Waals surface area contributed by atoms with Crippen LogP contribution in [0.2, 0.25) is 0 Å². The van der Waals surface area contributed by atoms with E-state index >= 15 is 0 Å². The van der Waals surface area contributed by atoms with E-state index in [1.165, 1.54) is 0 Å². The Morgan fingerprint density at radius 1 is 1.12 bits per heavy atom. The van der Waals surface area contributed by atoms with Gasteiger partial charge in [0.05, 0.1) is 6.42 Å². The summed E-state index contributed by atoms with van der Waals surface area (Å²) in [7, 11) is 0. The van der Waals surface area contributed by atoms with Crippen LogP contribution in [0.1, 0.15) is 17.5 Å². The third-order valence-corrected chi connectivity index (χ3v) is 3.29. The summed E-state index contributed by atoms with van der Waals surface area (Å²) in [4.78, 5) is 23.3. The van der Waals surface area contributed by atoms with Gasteiger partial charge in [-0.15, -0.1) is 0 Å². The molecule has 0 aromatic heterocycles. The summed E-state index contributed by atoms with van der Waals surface area (Å²) in [6.45, 7) is 0.173. The fourth-order valence-corrected chi connectivity index (χ4v) is 2.42. The lowest BCUT2D eigenvalue weighted by atomic mass is 9.71. The van der Waals surface area contributed by atoms with Crippen molar-refractivity contribution in [3.05, 3.63) is 41.5 Å². The van der Waals surface area contributed by atoms with E-state index in [4.69, 9.17) is 4.74 Å². The maximum Gasteiger partial charge on any atom is 0.307 e. The first-order chi connectivity index (χ1) is 7.72. The smallest absolute Gasteiger partial charge is 0.307 e. The number of esters is 1. The Balaban J connectivity index is 2.21. The van der Waals surface area contributed by atoms with E-state index in [0.717, 1.165) is 11.1 Å². The molecule has 0 amide bonds. The second kappa shape index (κ2) is 3.04. The second-order valence-corrected chi connectivity index (χ2v) is 4.20. The van der Waals surface area contributed by atoms with Gasteiger partial charge in [-0.3, -0.25) is 9.59 Å². The van der Waals surface area contributed by atoms with Crippen LogP contribution in [0.15, 0.2) is 30.3 Å². The molecule has 2 aliphatic rings. The lowest BCUT2D eigenvalue weighted by molar-refractivity contribution is -0.137. The Kier molecular flexibility index (Phi) is 1.78. The second-order valence-electron chi connectivity index (χ2n) is 4.20. The molecule has 0 N–H and O–H groups in total. The van der Waals surface area contributed by atoms with Gasteiger partial charge in [-0.2, -0.15) is 0 Å². The summed E-state index contributed by atoms with van der Waals surface area (Å²) in [6, 6.07) is 7.65. The van der Waals surface area contributed by atoms with Gasteiger partial charge >= 0.3 is 5.97 Å². The number of carbonyl (C=O) groups excluding carboxylic acids is 2. The highest BCUT2D eigenvalue weighted by Gasteiger charge is 2.49. The van der Waals surface area contributed by atoms with Crippen molar-refractivity contribution in [3.63, 3.8) is 0 Å². The lowest BCUT2D eigenvalue weighted by Crippen LogP contribution is -2.37. The average molecular weight is 214 g/mol. The number of fused-ring (bicyclic) bond motifs is 2. The minimum atomic E-state index is -0.761. The average Bonchev–Trinajstić information content (AvgIpc) is 2.68. The largest absolute Gasteiger partial charge is 0.464 e. The van der Waals surface area contributed by atoms with Crippen molar-refractivity contribution < 1.29 is 14.3 Å². The zero-order valence-electron chi connectivity index (χ0n) is 8.60. The molecule has 1 spiro atoms. The minimum Gasteiger partial charge on any atom is -0.464 e. The highest BCUT2D eigenvalue weighted by molar-refractivity contribution is 6.08. The van der Waals surface area contributed by atoms with Crippen LogP contribution >= 0.6 is 0 Å². The van der Waals surface area contributed by atoms with Crippen LogP contribution in [0.25, 0.3) is 6.08 Å². The Bertz CT molecular complexity index is 516. The van der Waals surface area contributed by atoms with Gasteiger partial charge in [-0.1, -0.05) is 30.3 Å². The van der Waals surface area contributed by atoms with E-state index in [9.17, 15) is 9.59 Å². The van der Waals surface area contributed by atoms with Crippen molar-refractivity contribution in [1.29, 1.82) is 0 Å². The molecular formula is C13H10O3. The van der Waals surface area contributed by atoms with Crippen molar-refractivity contribution in [1.82, 2.24) is 0 Å². The molecule has 0 radical (unpaired) electrons. The van der Waals surface area contributed by atoms with Crippen LogP contribution in [0, 0.1) is 0 Å². The minimum absolute atomic E-state index is 0.0305. The maximum absolute atomic E-state index is 12.0. The Labute approximate surface area is 92.7 Å². The van der Waals surface area contributed by atoms with Crippen LogP contribution in [0.4, 0.5) is 0 Å². The van der Waals surface area contributed by atoms with Gasteiger partial charge in [0.15, 0.2) is 5.78 Å². The molecule has 0 saturated carbocycles. The number of rotatable bonds is 0. The molecule has 16 heavy (non-hydrogen) atoms. The van der Waals surface area contributed by atoms with Gasteiger partial charge in [0, 0.05) is 0 Å². The highest BCUT2D eigenvalue weighted by Crippen LogP contribution is 2.40. The van der Waals surface area contributed by atoms with E-state index in [-0.39, 0.29) is 24.8 Å². The van der Waals surface area contributed by atoms with Crippen LogP contribution in [-0.4, -0.2) is 18.4 Å². The van der Waals surface area contributed by atoms with E-state index in [1.54, 1.807) is 12.2 Å². The third kappa shape index (κ3) is 1.08. The highest BCUT2D eigenvalue weighted by atomic mass is 16.5. The van der Waals surface area contributed by atoms with Crippen molar-refractivity contribution in [2.75, 3.05) is 6.61 Å². The first-order valence-electron chi connectivity index (χ1n) is 5.20. The van der Waals surface area contributed by atoms with Gasteiger partial charge in [-0.05, 0) is 17.2 Å². The molecule has 3 rings (SSSR count). The van der Waals surface area contributed by atoms with E-state index in [2.05, 4.69) is 0 Å². The Morgan fingerprint density at radius 3 is 2.69 bits per heavy atom. The SMILES string of the molecule is O=C1CC2(CO1)C(=O)C=Cc1ccccc12. The predicted octanol–water partition coefficient (Wildman–Crippen LogP) is 1.47. The number of hydrogen-bond acceptors (Lipinski definition) is 3. The molecule has 1 aliphatic heterocycles. The number of benzene rings is 1. The summed E-state index contributed by atoms with van der Waals surface area (Å²) in [5.74, 6) is -0.324. The lowest BCUT2D eigenvalue weighted by Gasteiger charge is -2.28. The molecule has 1 aromatic rings. The summed E-state index contributed by atoms with van der Waals surface area (Å²) in [6.07, 6.45) is 3.50. The first-order valence-corrected chi connectivity index (χ1v) is 5.20. The molecule has 1 atom stereocenters. The van der Waals surface area contributed by atoms with Crippen molar-refractivity contribution in [2.24, 2.45) is 0 Å². The normalized spacial score (nSPS) is 27.0. The molecular weight excluding hydrogens is 204 g/mol. The molecule has 1 saturated heterocycles. The molecule has 0 bridgehead atoms. The number of hydrogen-bond donors (Lipinski definition) is 0. The van der Waals surface area contributed by atoms with Gasteiger partial charge < -0.3 is 4.74 Å². The van der Waals surface area contributed by atoms with E-state index < -0.39 is 5.41 Å². The van der Waals surface area contributed by atoms with E-state index in [1.807, 2.05) is 24.3 Å². The van der Waals surface area contributed by atoms with E-state index in [0.29, 0.717) is 0 Å². The van der Waals surface area contributed by atoms with Crippen molar-refractivity contribution in [3.8, 4) is 0 Å². The number of allylic oxidation sites excluding steroid dienone is 1. The van der Waals surface area contributed by atoms with Crippen LogP contribution in [-0.2, 0) is 19.7 Å². The summed E-state index contributed by atoms with van der Waals surface area (Å²) in [5, 5.41) is 0. The standard InChI is InChI=1S/C13H10O3/c14-11-6-5-9-3-1-2-4-10(9)13(11)7-12(15)16-8-13/h1-6H,7-8H2. The van der Waals surface area contributed by atoms with Gasteiger partial charge in [0.2, 0.25) is 0 Å². The number of cyclic esters (lactones) is 1. The molecule has 1 aromatic carbocycles. The Hall–Kier alpha value is -1.90. The van der Waals surface area contributed by atoms with Gasteiger partial charge in [0.1, 0.15) is 12.0 Å². The summed E-state index contributed by atoms with van der Waals surface area (Å²) < 4.78 is 4.98. The molecule has 1 aliphatic carbocycles. The monoisotopic (exact) mass is 214 g/mol. The fraction of sp³-hybridized carbons (Fsp3) is 0.231. The van der Waals surface area contributed by atoms with Crippen LogP contribution in [0.3, 0.4) is 0 Å². The molecule has 3 nitrogen and oxygen atoms in total. The van der Waals surface area contributed by atoms with Crippen molar-refractivity contribution in [2.45, 2.75) is 11.8 Å². The summed E-state index contributed by atoms with van der Waals surface area (Å²) >= 11 is 0. The van der Waals surface area contributed by atoms with Crippen molar-refractivity contribution >= 4 is 17.8 Å². The fourth-order valence-electron chi connectivity index (χ4n) is 2.42. The van der Waals surface area contributed by atoms with Crippen LogP contribution < -0.4 is 0 Å². The van der Waals surface area contributed by atoms with Gasteiger partial charge in [0.25, 0.3) is 0 Å². The van der Waals surface area contributed by atoms with Crippen LogP contribution in [0.5, 0.6) is 0 Å². The quantitative estimate of drug-likeness (QED) is 0.614. The zero-order valence-corrected chi connectivity index (χ0v) is 8.60. The molecule has 80 valence electrons. The Morgan fingerprint density at radius 2 is 1.94 bits per heavy atom. The predicted molar refractivity (Wildman–Crippen MR) is 57.7 cm³/mol. The topological polar surface area (TPSA) is 43.4 Å². The first kappa shape index (κ1) is 9.33. The number of carbonyl (C=O) groups is 2. The molecule has 1 heterocycles. The zero-order chi connectivity index (χ0) is 11.2.